The third-order valence-electron chi connectivity index (χ3n) is 1.34. The maximum absolute atomic E-state index is 10.3. The van der Waals surface area contributed by atoms with Gasteiger partial charge < -0.3 is 16.6 Å². The van der Waals surface area contributed by atoms with Crippen LogP contribution in [0.15, 0.2) is 10.2 Å². The van der Waals surface area contributed by atoms with E-state index in [1.54, 1.807) is 0 Å². The summed E-state index contributed by atoms with van der Waals surface area (Å²) in [5.41, 5.74) is 10.1. The molecule has 0 saturated heterocycles. The summed E-state index contributed by atoms with van der Waals surface area (Å²) in [6.07, 6.45) is 0.566. The van der Waals surface area contributed by atoms with Crippen LogP contribution in [0.2, 0.25) is 0 Å². The van der Waals surface area contributed by atoms with E-state index in [1.807, 2.05) is 0 Å². The van der Waals surface area contributed by atoms with Crippen LogP contribution in [0.25, 0.3) is 0 Å². The SMILES string of the molecule is NC(N)=NCCCC(N=O)C(=O)O. The first-order chi connectivity index (χ1) is 6.07. The predicted octanol–water partition coefficient (Wildman–Crippen LogP) is -0.740. The van der Waals surface area contributed by atoms with E-state index >= 15 is 0 Å². The van der Waals surface area contributed by atoms with E-state index in [9.17, 15) is 9.70 Å². The van der Waals surface area contributed by atoms with Gasteiger partial charge in [0.1, 0.15) is 0 Å². The van der Waals surface area contributed by atoms with Gasteiger partial charge in [-0.1, -0.05) is 5.18 Å². The average molecular weight is 188 g/mol. The summed E-state index contributed by atoms with van der Waals surface area (Å²) < 4.78 is 0. The van der Waals surface area contributed by atoms with Gasteiger partial charge in [-0.15, -0.1) is 4.91 Å². The van der Waals surface area contributed by atoms with Crippen molar-refractivity contribution in [1.29, 1.82) is 0 Å². The number of carboxylic acids is 1. The molecule has 0 heterocycles. The van der Waals surface area contributed by atoms with Crippen LogP contribution in [-0.4, -0.2) is 29.6 Å². The Balaban J connectivity index is 3.68. The van der Waals surface area contributed by atoms with E-state index < -0.39 is 12.0 Å². The Morgan fingerprint density at radius 2 is 2.08 bits per heavy atom. The van der Waals surface area contributed by atoms with Crippen LogP contribution in [0.3, 0.4) is 0 Å². The number of guanidine groups is 1. The van der Waals surface area contributed by atoms with Crippen molar-refractivity contribution in [2.24, 2.45) is 21.6 Å². The fourth-order valence-electron chi connectivity index (χ4n) is 0.714. The number of nitrogens with zero attached hydrogens (tertiary/aromatic N) is 2. The fraction of sp³-hybridized carbons (Fsp3) is 0.667. The Morgan fingerprint density at radius 1 is 1.46 bits per heavy atom. The molecule has 1 atom stereocenters. The van der Waals surface area contributed by atoms with Crippen molar-refractivity contribution in [3.63, 3.8) is 0 Å². The van der Waals surface area contributed by atoms with Gasteiger partial charge in [0.15, 0.2) is 12.0 Å². The Morgan fingerprint density at radius 3 is 2.46 bits per heavy atom. The van der Waals surface area contributed by atoms with Crippen molar-refractivity contribution in [3.05, 3.63) is 4.91 Å². The van der Waals surface area contributed by atoms with Gasteiger partial charge >= 0.3 is 5.97 Å². The van der Waals surface area contributed by atoms with Crippen molar-refractivity contribution in [2.75, 3.05) is 6.54 Å². The van der Waals surface area contributed by atoms with E-state index in [1.165, 1.54) is 0 Å². The molecule has 13 heavy (non-hydrogen) atoms. The molecule has 0 aliphatic carbocycles. The fourth-order valence-corrected chi connectivity index (χ4v) is 0.714. The molecular formula is C6H12N4O3. The maximum atomic E-state index is 10.3. The Hall–Kier alpha value is -1.66. The van der Waals surface area contributed by atoms with Crippen LogP contribution in [0, 0.1) is 4.91 Å². The average Bonchev–Trinajstić information content (AvgIpc) is 2.03. The second-order valence-electron chi connectivity index (χ2n) is 2.41. The molecule has 74 valence electrons. The van der Waals surface area contributed by atoms with Gasteiger partial charge in [-0.2, -0.15) is 0 Å². The van der Waals surface area contributed by atoms with Crippen LogP contribution in [-0.2, 0) is 4.79 Å². The number of hydrogen-bond acceptors (Lipinski definition) is 4. The lowest BCUT2D eigenvalue weighted by Crippen LogP contribution is -2.23. The molecule has 0 fully saturated rings. The largest absolute Gasteiger partial charge is 0.480 e. The van der Waals surface area contributed by atoms with Gasteiger partial charge in [0.2, 0.25) is 0 Å². The van der Waals surface area contributed by atoms with Crippen LogP contribution < -0.4 is 11.5 Å². The standard InChI is InChI=1S/C6H12N4O3/c7-6(8)9-3-1-2-4(10-13)5(11)12/h4H,1-3H2,(H,11,12)(H4,7,8,9). The molecule has 0 aromatic heterocycles. The summed E-state index contributed by atoms with van der Waals surface area (Å²) >= 11 is 0. The molecule has 0 bridgehead atoms. The van der Waals surface area contributed by atoms with Crippen molar-refractivity contribution in [2.45, 2.75) is 18.9 Å². The molecule has 7 heteroatoms. The molecule has 7 nitrogen and oxygen atoms in total. The number of nitrogens with two attached hydrogens (primary N) is 2. The van der Waals surface area contributed by atoms with Crippen molar-refractivity contribution < 1.29 is 9.90 Å². The smallest absolute Gasteiger partial charge is 0.332 e. The summed E-state index contributed by atoms with van der Waals surface area (Å²) in [4.78, 5) is 23.9. The lowest BCUT2D eigenvalue weighted by molar-refractivity contribution is -0.138. The second kappa shape index (κ2) is 5.92. The van der Waals surface area contributed by atoms with Gasteiger partial charge in [-0.3, -0.25) is 4.99 Å². The summed E-state index contributed by atoms with van der Waals surface area (Å²) in [5, 5.41) is 10.8. The highest BCUT2D eigenvalue weighted by Gasteiger charge is 2.16. The zero-order chi connectivity index (χ0) is 10.3. The minimum absolute atomic E-state index is 0.0501. The molecule has 0 rings (SSSR count). The first-order valence-corrected chi connectivity index (χ1v) is 3.68. The molecule has 0 aliphatic heterocycles. The monoisotopic (exact) mass is 188 g/mol. The predicted molar refractivity (Wildman–Crippen MR) is 47.1 cm³/mol. The van der Waals surface area contributed by atoms with Crippen molar-refractivity contribution >= 4 is 11.9 Å². The lowest BCUT2D eigenvalue weighted by atomic mass is 10.2. The quantitative estimate of drug-likeness (QED) is 0.218. The minimum Gasteiger partial charge on any atom is -0.480 e. The molecule has 0 aromatic rings. The number of carboxylic acid groups (broad SMARTS) is 1. The van der Waals surface area contributed by atoms with Crippen LogP contribution in [0.5, 0.6) is 0 Å². The minimum atomic E-state index is -1.22. The summed E-state index contributed by atoms with van der Waals surface area (Å²) in [5.74, 6) is -1.27. The molecule has 5 N–H and O–H groups in total. The molecule has 0 aliphatic rings. The zero-order valence-corrected chi connectivity index (χ0v) is 7.01. The highest BCUT2D eigenvalue weighted by atomic mass is 16.4. The summed E-state index contributed by atoms with van der Waals surface area (Å²) in [6, 6.07) is -1.20. The molecule has 0 aromatic carbocycles. The molecule has 1 unspecified atom stereocenters. The van der Waals surface area contributed by atoms with Crippen LogP contribution in [0.4, 0.5) is 0 Å². The second-order valence-corrected chi connectivity index (χ2v) is 2.41. The summed E-state index contributed by atoms with van der Waals surface area (Å²) in [6.45, 7) is 0.307. The molecule has 0 amide bonds. The van der Waals surface area contributed by atoms with Gasteiger partial charge in [0, 0.05) is 6.54 Å². The number of rotatable bonds is 6. The van der Waals surface area contributed by atoms with Gasteiger partial charge in [-0.05, 0) is 12.8 Å². The highest BCUT2D eigenvalue weighted by Crippen LogP contribution is 2.01. The van der Waals surface area contributed by atoms with Crippen LogP contribution in [0.1, 0.15) is 12.8 Å². The van der Waals surface area contributed by atoms with E-state index in [4.69, 9.17) is 16.6 Å². The number of aliphatic imine (C=N–C) groups is 1. The van der Waals surface area contributed by atoms with Crippen molar-refractivity contribution in [1.82, 2.24) is 0 Å². The number of carbonyl (C=O) groups is 1. The van der Waals surface area contributed by atoms with E-state index in [0.29, 0.717) is 13.0 Å². The highest BCUT2D eigenvalue weighted by molar-refractivity contribution is 5.75. The number of hydrogen-bond donors (Lipinski definition) is 3. The van der Waals surface area contributed by atoms with E-state index in [-0.39, 0.29) is 12.4 Å². The Bertz CT molecular complexity index is 212. The third kappa shape index (κ3) is 5.59. The number of aliphatic carboxylic acids is 1. The number of nitroso groups, excluding NO2 is 1. The van der Waals surface area contributed by atoms with Gasteiger partial charge in [-0.25, -0.2) is 4.79 Å². The molecule has 0 radical (unpaired) electrons. The normalized spacial score (nSPS) is 11.7. The van der Waals surface area contributed by atoms with Crippen molar-refractivity contribution in [3.8, 4) is 0 Å². The maximum Gasteiger partial charge on any atom is 0.332 e. The molecule has 0 saturated carbocycles. The third-order valence-corrected chi connectivity index (χ3v) is 1.34. The topological polar surface area (TPSA) is 131 Å². The van der Waals surface area contributed by atoms with Crippen LogP contribution >= 0.6 is 0 Å². The van der Waals surface area contributed by atoms with Gasteiger partial charge in [0.05, 0.1) is 0 Å². The molecular weight excluding hydrogens is 176 g/mol. The summed E-state index contributed by atoms with van der Waals surface area (Å²) in [7, 11) is 0. The molecule has 0 spiro atoms. The first kappa shape index (κ1) is 11.3. The first-order valence-electron chi connectivity index (χ1n) is 3.68. The van der Waals surface area contributed by atoms with E-state index in [0.717, 1.165) is 0 Å². The van der Waals surface area contributed by atoms with Gasteiger partial charge in [0.25, 0.3) is 0 Å². The lowest BCUT2D eigenvalue weighted by Gasteiger charge is -2.00. The Kier molecular flexibility index (Phi) is 5.17. The Labute approximate surface area is 74.8 Å². The van der Waals surface area contributed by atoms with E-state index in [2.05, 4.69) is 10.2 Å². The zero-order valence-electron chi connectivity index (χ0n) is 7.01.